The number of aliphatic carboxylic acids is 1. The Kier molecular flexibility index (Phi) is 5.09. The summed E-state index contributed by atoms with van der Waals surface area (Å²) < 4.78 is 0. The summed E-state index contributed by atoms with van der Waals surface area (Å²) in [5.41, 5.74) is 0. The summed E-state index contributed by atoms with van der Waals surface area (Å²) in [6, 6.07) is 14.3. The Hall–Kier alpha value is -2.01. The molecule has 1 saturated heterocycles. The molecule has 2 atom stereocenters. The maximum atomic E-state index is 12.5. The monoisotopic (exact) mass is 343 g/mol. The average molecular weight is 343 g/mol. The fourth-order valence-electron chi connectivity index (χ4n) is 3.23. The van der Waals surface area contributed by atoms with Crippen molar-refractivity contribution in [2.24, 2.45) is 11.8 Å². The summed E-state index contributed by atoms with van der Waals surface area (Å²) in [7, 11) is 0. The second-order valence-corrected chi connectivity index (χ2v) is 7.52. The smallest absolute Gasteiger partial charge is 0.308 e. The number of thioether (sulfide) groups is 1. The minimum absolute atomic E-state index is 0.0194. The van der Waals surface area contributed by atoms with Gasteiger partial charge in [-0.2, -0.15) is 0 Å². The first-order chi connectivity index (χ1) is 11.5. The minimum Gasteiger partial charge on any atom is -0.481 e. The van der Waals surface area contributed by atoms with Crippen molar-refractivity contribution in [3.05, 3.63) is 42.5 Å². The predicted molar refractivity (Wildman–Crippen MR) is 96.2 cm³/mol. The molecule has 0 aliphatic carbocycles. The molecule has 0 spiro atoms. The summed E-state index contributed by atoms with van der Waals surface area (Å²) in [6.07, 6.45) is 0.650. The van der Waals surface area contributed by atoms with Gasteiger partial charge in [0, 0.05) is 18.0 Å². The molecular weight excluding hydrogens is 322 g/mol. The summed E-state index contributed by atoms with van der Waals surface area (Å²) in [4.78, 5) is 26.5. The molecule has 1 N–H and O–H groups in total. The van der Waals surface area contributed by atoms with E-state index in [0.717, 1.165) is 10.3 Å². The van der Waals surface area contributed by atoms with Gasteiger partial charge in [-0.05, 0) is 35.2 Å². The Morgan fingerprint density at radius 2 is 1.92 bits per heavy atom. The molecule has 1 amide bonds. The van der Waals surface area contributed by atoms with Crippen LogP contribution in [0.15, 0.2) is 47.4 Å². The van der Waals surface area contributed by atoms with Gasteiger partial charge in [-0.15, -0.1) is 11.8 Å². The third kappa shape index (κ3) is 3.90. The number of piperidine rings is 1. The maximum absolute atomic E-state index is 12.5. The SMILES string of the molecule is CC1CC(C(=O)O)CN(C(=O)CSc2ccc3ccccc3c2)C1. The van der Waals surface area contributed by atoms with Crippen molar-refractivity contribution in [1.29, 1.82) is 0 Å². The fraction of sp³-hybridized carbons (Fsp3) is 0.368. The molecule has 3 rings (SSSR count). The Morgan fingerprint density at radius 1 is 1.17 bits per heavy atom. The Bertz CT molecular complexity index is 761. The largest absolute Gasteiger partial charge is 0.481 e. The topological polar surface area (TPSA) is 57.6 Å². The number of carboxylic acids is 1. The van der Waals surface area contributed by atoms with E-state index in [1.807, 2.05) is 25.1 Å². The normalized spacial score (nSPS) is 21.0. The standard InChI is InChI=1S/C19H21NO3S/c1-13-8-16(19(22)23)11-20(10-13)18(21)12-24-17-7-6-14-4-2-3-5-15(14)9-17/h2-7,9,13,16H,8,10-12H2,1H3,(H,22,23). The van der Waals surface area contributed by atoms with Crippen LogP contribution in [0.2, 0.25) is 0 Å². The van der Waals surface area contributed by atoms with E-state index in [4.69, 9.17) is 0 Å². The molecule has 5 heteroatoms. The quantitative estimate of drug-likeness (QED) is 0.863. The zero-order valence-electron chi connectivity index (χ0n) is 13.6. The Balaban J connectivity index is 1.62. The van der Waals surface area contributed by atoms with E-state index in [9.17, 15) is 14.7 Å². The number of nitrogens with zero attached hydrogens (tertiary/aromatic N) is 1. The number of fused-ring (bicyclic) bond motifs is 1. The lowest BCUT2D eigenvalue weighted by molar-refractivity contribution is -0.146. The van der Waals surface area contributed by atoms with E-state index in [0.29, 0.717) is 25.3 Å². The summed E-state index contributed by atoms with van der Waals surface area (Å²) >= 11 is 1.51. The molecule has 1 aliphatic rings. The van der Waals surface area contributed by atoms with E-state index >= 15 is 0 Å². The van der Waals surface area contributed by atoms with Crippen LogP contribution in [0, 0.1) is 11.8 Å². The van der Waals surface area contributed by atoms with Gasteiger partial charge in [-0.3, -0.25) is 9.59 Å². The van der Waals surface area contributed by atoms with Gasteiger partial charge in [0.2, 0.25) is 5.91 Å². The Morgan fingerprint density at radius 3 is 2.67 bits per heavy atom. The van der Waals surface area contributed by atoms with Crippen molar-refractivity contribution in [2.75, 3.05) is 18.8 Å². The van der Waals surface area contributed by atoms with Gasteiger partial charge in [0.15, 0.2) is 0 Å². The van der Waals surface area contributed by atoms with E-state index in [1.165, 1.54) is 17.1 Å². The molecule has 2 aromatic rings. The molecule has 2 aromatic carbocycles. The van der Waals surface area contributed by atoms with Crippen molar-refractivity contribution in [1.82, 2.24) is 4.90 Å². The first-order valence-electron chi connectivity index (χ1n) is 8.15. The van der Waals surface area contributed by atoms with Crippen LogP contribution in [0.5, 0.6) is 0 Å². The van der Waals surface area contributed by atoms with Gasteiger partial charge in [0.25, 0.3) is 0 Å². The average Bonchev–Trinajstić information content (AvgIpc) is 2.58. The molecule has 0 bridgehead atoms. The van der Waals surface area contributed by atoms with Crippen molar-refractivity contribution >= 4 is 34.4 Å². The molecule has 0 saturated carbocycles. The predicted octanol–water partition coefficient (Wildman–Crippen LogP) is 3.50. The van der Waals surface area contributed by atoms with E-state index in [2.05, 4.69) is 24.3 Å². The van der Waals surface area contributed by atoms with Gasteiger partial charge in [-0.1, -0.05) is 37.3 Å². The van der Waals surface area contributed by atoms with Crippen molar-refractivity contribution in [2.45, 2.75) is 18.2 Å². The van der Waals surface area contributed by atoms with Crippen LogP contribution in [-0.4, -0.2) is 40.7 Å². The van der Waals surface area contributed by atoms with Gasteiger partial charge in [0.1, 0.15) is 0 Å². The van der Waals surface area contributed by atoms with E-state index in [1.54, 1.807) is 4.90 Å². The molecule has 1 heterocycles. The first kappa shape index (κ1) is 16.8. The molecule has 0 aromatic heterocycles. The van der Waals surface area contributed by atoms with E-state index < -0.39 is 11.9 Å². The number of benzene rings is 2. The number of carbonyl (C=O) groups is 2. The van der Waals surface area contributed by atoms with Gasteiger partial charge >= 0.3 is 5.97 Å². The van der Waals surface area contributed by atoms with Crippen molar-refractivity contribution in [3.63, 3.8) is 0 Å². The Labute approximate surface area is 145 Å². The maximum Gasteiger partial charge on any atom is 0.308 e. The molecule has 4 nitrogen and oxygen atoms in total. The zero-order valence-corrected chi connectivity index (χ0v) is 14.5. The lowest BCUT2D eigenvalue weighted by Gasteiger charge is -2.34. The fourth-order valence-corrected chi connectivity index (χ4v) is 4.07. The number of carboxylic acid groups (broad SMARTS) is 1. The molecular formula is C19H21NO3S. The van der Waals surface area contributed by atoms with Gasteiger partial charge < -0.3 is 10.0 Å². The summed E-state index contributed by atoms with van der Waals surface area (Å²) in [5, 5.41) is 11.6. The second kappa shape index (κ2) is 7.26. The first-order valence-corrected chi connectivity index (χ1v) is 9.13. The molecule has 126 valence electrons. The van der Waals surface area contributed by atoms with E-state index in [-0.39, 0.29) is 11.8 Å². The number of likely N-dealkylation sites (tertiary alicyclic amines) is 1. The lowest BCUT2D eigenvalue weighted by atomic mass is 9.90. The summed E-state index contributed by atoms with van der Waals surface area (Å²) in [6.45, 7) is 2.99. The minimum atomic E-state index is -0.804. The highest BCUT2D eigenvalue weighted by molar-refractivity contribution is 8.00. The van der Waals surface area contributed by atoms with Gasteiger partial charge in [-0.25, -0.2) is 0 Å². The lowest BCUT2D eigenvalue weighted by Crippen LogP contribution is -2.46. The van der Waals surface area contributed by atoms with Crippen LogP contribution in [-0.2, 0) is 9.59 Å². The molecule has 2 unspecified atom stereocenters. The van der Waals surface area contributed by atoms with Crippen LogP contribution in [0.3, 0.4) is 0 Å². The number of hydrogen-bond acceptors (Lipinski definition) is 3. The molecule has 24 heavy (non-hydrogen) atoms. The number of amides is 1. The highest BCUT2D eigenvalue weighted by Crippen LogP contribution is 2.26. The number of carbonyl (C=O) groups excluding carboxylic acids is 1. The van der Waals surface area contributed by atoms with Gasteiger partial charge in [0.05, 0.1) is 11.7 Å². The molecule has 1 aliphatic heterocycles. The number of hydrogen-bond donors (Lipinski definition) is 1. The third-order valence-corrected chi connectivity index (χ3v) is 5.42. The van der Waals surface area contributed by atoms with Crippen molar-refractivity contribution in [3.8, 4) is 0 Å². The molecule has 0 radical (unpaired) electrons. The van der Waals surface area contributed by atoms with Crippen LogP contribution >= 0.6 is 11.8 Å². The highest BCUT2D eigenvalue weighted by Gasteiger charge is 2.31. The van der Waals surface area contributed by atoms with Crippen LogP contribution < -0.4 is 0 Å². The second-order valence-electron chi connectivity index (χ2n) is 6.47. The molecule has 1 fully saturated rings. The van der Waals surface area contributed by atoms with Crippen LogP contribution in [0.1, 0.15) is 13.3 Å². The van der Waals surface area contributed by atoms with Crippen molar-refractivity contribution < 1.29 is 14.7 Å². The zero-order chi connectivity index (χ0) is 17.1. The number of rotatable bonds is 4. The summed E-state index contributed by atoms with van der Waals surface area (Å²) in [5.74, 6) is -0.650. The van der Waals surface area contributed by atoms with Crippen LogP contribution in [0.25, 0.3) is 10.8 Å². The van der Waals surface area contributed by atoms with Crippen LogP contribution in [0.4, 0.5) is 0 Å². The highest BCUT2D eigenvalue weighted by atomic mass is 32.2. The third-order valence-electron chi connectivity index (χ3n) is 4.44.